The van der Waals surface area contributed by atoms with Crippen LogP contribution in [-0.2, 0) is 16.1 Å². The molecule has 1 heterocycles. The van der Waals surface area contributed by atoms with E-state index in [0.717, 1.165) is 27.9 Å². The normalized spacial score (nSPS) is 12.5. The van der Waals surface area contributed by atoms with Gasteiger partial charge in [0.25, 0.3) is 5.91 Å². The second-order valence-corrected chi connectivity index (χ2v) is 5.97. The van der Waals surface area contributed by atoms with Crippen LogP contribution in [0.4, 0.5) is 0 Å². The number of hydrogen-bond donors (Lipinski definition) is 0. The number of ether oxygens (including phenoxy) is 1. The molecule has 1 amide bonds. The first-order chi connectivity index (χ1) is 10.2. The summed E-state index contributed by atoms with van der Waals surface area (Å²) >= 11 is 1.56. The number of nitrogens with zero attached hydrogens (tertiary/aromatic N) is 2. The molecular formula is C16H22N2O2S. The summed E-state index contributed by atoms with van der Waals surface area (Å²) in [6, 6.07) is 8.13. The van der Waals surface area contributed by atoms with Crippen LogP contribution in [0, 0.1) is 5.92 Å². The molecule has 0 saturated heterocycles. The van der Waals surface area contributed by atoms with Gasteiger partial charge in [-0.3, -0.25) is 4.79 Å². The van der Waals surface area contributed by atoms with Crippen LogP contribution in [-0.4, -0.2) is 24.2 Å². The van der Waals surface area contributed by atoms with Crippen molar-refractivity contribution in [3.63, 3.8) is 0 Å². The third-order valence-corrected chi connectivity index (χ3v) is 4.71. The fraction of sp³-hybridized carbons (Fsp3) is 0.500. The second kappa shape index (κ2) is 7.52. The van der Waals surface area contributed by atoms with Crippen molar-refractivity contribution in [3.05, 3.63) is 29.1 Å². The summed E-state index contributed by atoms with van der Waals surface area (Å²) in [4.78, 5) is 17.4. The van der Waals surface area contributed by atoms with Gasteiger partial charge in [-0.2, -0.15) is 4.99 Å². The van der Waals surface area contributed by atoms with Crippen LogP contribution >= 0.6 is 11.3 Å². The SMILES string of the molecule is CCC(CC)C(=O)N=c1sc2ccccc2n1CCOC. The zero-order chi connectivity index (χ0) is 15.2. The molecule has 114 valence electrons. The van der Waals surface area contributed by atoms with E-state index in [-0.39, 0.29) is 11.8 Å². The number of aromatic nitrogens is 1. The summed E-state index contributed by atoms with van der Waals surface area (Å²) in [7, 11) is 1.68. The first-order valence-electron chi connectivity index (χ1n) is 7.37. The average molecular weight is 306 g/mol. The van der Waals surface area contributed by atoms with Gasteiger partial charge in [0.05, 0.1) is 16.8 Å². The highest BCUT2D eigenvalue weighted by Crippen LogP contribution is 2.17. The van der Waals surface area contributed by atoms with Crippen molar-refractivity contribution in [1.82, 2.24) is 4.57 Å². The molecular weight excluding hydrogens is 284 g/mol. The zero-order valence-corrected chi connectivity index (χ0v) is 13.7. The Bertz CT molecular complexity index is 668. The molecule has 0 unspecified atom stereocenters. The molecule has 2 rings (SSSR count). The minimum absolute atomic E-state index is 0.0160. The number of benzene rings is 1. The first kappa shape index (κ1) is 15.9. The number of thiazole rings is 1. The highest BCUT2D eigenvalue weighted by molar-refractivity contribution is 7.16. The van der Waals surface area contributed by atoms with Crippen molar-refractivity contribution < 1.29 is 9.53 Å². The lowest BCUT2D eigenvalue weighted by Gasteiger charge is -2.07. The van der Waals surface area contributed by atoms with Gasteiger partial charge in [-0.25, -0.2) is 0 Å². The maximum atomic E-state index is 12.3. The van der Waals surface area contributed by atoms with Gasteiger partial charge >= 0.3 is 0 Å². The number of carbonyl (C=O) groups is 1. The van der Waals surface area contributed by atoms with Gasteiger partial charge in [0.1, 0.15) is 0 Å². The largest absolute Gasteiger partial charge is 0.383 e. The van der Waals surface area contributed by atoms with Crippen molar-refractivity contribution in [1.29, 1.82) is 0 Å². The molecule has 0 radical (unpaired) electrons. The minimum Gasteiger partial charge on any atom is -0.383 e. The van der Waals surface area contributed by atoms with E-state index in [4.69, 9.17) is 4.74 Å². The molecule has 0 aliphatic carbocycles. The molecule has 0 atom stereocenters. The lowest BCUT2D eigenvalue weighted by Crippen LogP contribution is -2.21. The minimum atomic E-state index is -0.0160. The average Bonchev–Trinajstić information content (AvgIpc) is 2.83. The van der Waals surface area contributed by atoms with Crippen LogP contribution in [0.2, 0.25) is 0 Å². The maximum Gasteiger partial charge on any atom is 0.251 e. The predicted molar refractivity (Wildman–Crippen MR) is 86.3 cm³/mol. The van der Waals surface area contributed by atoms with E-state index in [9.17, 15) is 4.79 Å². The van der Waals surface area contributed by atoms with Crippen molar-refractivity contribution in [2.75, 3.05) is 13.7 Å². The summed E-state index contributed by atoms with van der Waals surface area (Å²) in [5.74, 6) is 0.00353. The number of amides is 1. The van der Waals surface area contributed by atoms with Gasteiger partial charge < -0.3 is 9.30 Å². The van der Waals surface area contributed by atoms with Crippen LogP contribution in [0.3, 0.4) is 0 Å². The fourth-order valence-electron chi connectivity index (χ4n) is 2.33. The van der Waals surface area contributed by atoms with E-state index in [1.165, 1.54) is 0 Å². The van der Waals surface area contributed by atoms with Gasteiger partial charge in [0.2, 0.25) is 0 Å². The molecule has 0 bridgehead atoms. The Morgan fingerprint density at radius 2 is 2.05 bits per heavy atom. The standard InChI is InChI=1S/C16H22N2O2S/c1-4-12(5-2)15(19)17-16-18(10-11-20-3)13-8-6-7-9-14(13)21-16/h6-9,12H,4-5,10-11H2,1-3H3. The molecule has 2 aromatic rings. The Morgan fingerprint density at radius 1 is 1.33 bits per heavy atom. The number of hydrogen-bond acceptors (Lipinski definition) is 3. The molecule has 21 heavy (non-hydrogen) atoms. The smallest absolute Gasteiger partial charge is 0.251 e. The molecule has 0 N–H and O–H groups in total. The molecule has 1 aromatic heterocycles. The Hall–Kier alpha value is -1.46. The summed E-state index contributed by atoms with van der Waals surface area (Å²) in [5.41, 5.74) is 1.11. The van der Waals surface area contributed by atoms with Crippen LogP contribution in [0.15, 0.2) is 29.3 Å². The van der Waals surface area contributed by atoms with Crippen molar-refractivity contribution in [3.8, 4) is 0 Å². The zero-order valence-electron chi connectivity index (χ0n) is 12.8. The fourth-order valence-corrected chi connectivity index (χ4v) is 3.39. The second-order valence-electron chi connectivity index (χ2n) is 4.96. The van der Waals surface area contributed by atoms with Crippen molar-refractivity contribution >= 4 is 27.5 Å². The molecule has 0 aliphatic heterocycles. The summed E-state index contributed by atoms with van der Waals surface area (Å²) in [6.07, 6.45) is 1.67. The van der Waals surface area contributed by atoms with Gasteiger partial charge in [0, 0.05) is 19.6 Å². The molecule has 0 saturated carbocycles. The molecule has 4 nitrogen and oxygen atoms in total. The van der Waals surface area contributed by atoms with Crippen LogP contribution in [0.1, 0.15) is 26.7 Å². The van der Waals surface area contributed by atoms with E-state index < -0.39 is 0 Å². The highest BCUT2D eigenvalue weighted by atomic mass is 32.1. The Labute approximate surface area is 129 Å². The number of carbonyl (C=O) groups excluding carboxylic acids is 1. The third-order valence-electron chi connectivity index (χ3n) is 3.65. The topological polar surface area (TPSA) is 43.6 Å². The molecule has 5 heteroatoms. The highest BCUT2D eigenvalue weighted by Gasteiger charge is 2.14. The number of fused-ring (bicyclic) bond motifs is 1. The lowest BCUT2D eigenvalue weighted by atomic mass is 10.0. The number of para-hydroxylation sites is 1. The number of methoxy groups -OCH3 is 1. The van der Waals surface area contributed by atoms with E-state index >= 15 is 0 Å². The maximum absolute atomic E-state index is 12.3. The van der Waals surface area contributed by atoms with Gasteiger partial charge in [-0.1, -0.05) is 37.3 Å². The lowest BCUT2D eigenvalue weighted by molar-refractivity contribution is -0.122. The Kier molecular flexibility index (Phi) is 5.70. The Balaban J connectivity index is 2.48. The summed E-state index contributed by atoms with van der Waals surface area (Å²) in [6.45, 7) is 5.37. The Morgan fingerprint density at radius 3 is 2.71 bits per heavy atom. The molecule has 0 fully saturated rings. The van der Waals surface area contributed by atoms with E-state index in [1.807, 2.05) is 26.0 Å². The quantitative estimate of drug-likeness (QED) is 0.822. The molecule has 0 aliphatic rings. The first-order valence-corrected chi connectivity index (χ1v) is 8.18. The van der Waals surface area contributed by atoms with E-state index in [1.54, 1.807) is 18.4 Å². The molecule has 1 aromatic carbocycles. The van der Waals surface area contributed by atoms with Gasteiger partial charge in [0.15, 0.2) is 4.80 Å². The monoisotopic (exact) mass is 306 g/mol. The third kappa shape index (κ3) is 3.60. The summed E-state index contributed by atoms with van der Waals surface area (Å²) < 4.78 is 8.39. The van der Waals surface area contributed by atoms with Gasteiger partial charge in [-0.05, 0) is 25.0 Å². The van der Waals surface area contributed by atoms with Crippen molar-refractivity contribution in [2.24, 2.45) is 10.9 Å². The summed E-state index contributed by atoms with van der Waals surface area (Å²) in [5, 5.41) is 0. The van der Waals surface area contributed by atoms with Crippen LogP contribution < -0.4 is 4.80 Å². The van der Waals surface area contributed by atoms with Crippen LogP contribution in [0.25, 0.3) is 10.2 Å². The predicted octanol–water partition coefficient (Wildman–Crippen LogP) is 3.21. The molecule has 0 spiro atoms. The van der Waals surface area contributed by atoms with Crippen LogP contribution in [0.5, 0.6) is 0 Å². The van der Waals surface area contributed by atoms with Gasteiger partial charge in [-0.15, -0.1) is 0 Å². The van der Waals surface area contributed by atoms with Crippen molar-refractivity contribution in [2.45, 2.75) is 33.2 Å². The number of rotatable bonds is 6. The van der Waals surface area contributed by atoms with E-state index in [0.29, 0.717) is 13.2 Å². The van der Waals surface area contributed by atoms with E-state index in [2.05, 4.69) is 21.7 Å².